The molecule has 16 heavy (non-hydrogen) atoms. The number of benzene rings is 1. The molecule has 0 heterocycles. The van der Waals surface area contributed by atoms with E-state index in [4.69, 9.17) is 4.74 Å². The average Bonchev–Trinajstić information content (AvgIpc) is 2.24. The van der Waals surface area contributed by atoms with Crippen molar-refractivity contribution in [2.75, 3.05) is 6.61 Å². The van der Waals surface area contributed by atoms with E-state index >= 15 is 0 Å². The molecule has 1 atom stereocenters. The summed E-state index contributed by atoms with van der Waals surface area (Å²) in [7, 11) is 0. The van der Waals surface area contributed by atoms with Gasteiger partial charge in [0.15, 0.2) is 11.6 Å². The lowest BCUT2D eigenvalue weighted by atomic mass is 10.3. The molecule has 5 heteroatoms. The van der Waals surface area contributed by atoms with E-state index in [0.29, 0.717) is 11.5 Å². The summed E-state index contributed by atoms with van der Waals surface area (Å²) in [5.41, 5.74) is 0. The van der Waals surface area contributed by atoms with Gasteiger partial charge in [0.05, 0.1) is 6.61 Å². The van der Waals surface area contributed by atoms with Crippen LogP contribution in [0.2, 0.25) is 0 Å². The third kappa shape index (κ3) is 3.48. The molecular weight excluding hydrogens is 234 g/mol. The van der Waals surface area contributed by atoms with Gasteiger partial charge in [-0.2, -0.15) is 0 Å². The van der Waals surface area contributed by atoms with E-state index < -0.39 is 16.9 Å². The number of halogens is 2. The molecule has 0 fully saturated rings. The molecular formula is C11H12F2O2S. The summed E-state index contributed by atoms with van der Waals surface area (Å²) in [4.78, 5) is 11.8. The molecule has 1 rings (SSSR count). The van der Waals surface area contributed by atoms with Gasteiger partial charge in [0.2, 0.25) is 0 Å². The van der Waals surface area contributed by atoms with Crippen LogP contribution in [0.15, 0.2) is 23.1 Å². The first kappa shape index (κ1) is 13.0. The van der Waals surface area contributed by atoms with Crippen LogP contribution in [0.4, 0.5) is 8.78 Å². The van der Waals surface area contributed by atoms with Crippen LogP contribution in [0.1, 0.15) is 13.8 Å². The van der Waals surface area contributed by atoms with Gasteiger partial charge in [0.1, 0.15) is 5.25 Å². The molecule has 88 valence electrons. The predicted molar refractivity (Wildman–Crippen MR) is 58.3 cm³/mol. The Morgan fingerprint density at radius 3 is 2.69 bits per heavy atom. The smallest absolute Gasteiger partial charge is 0.319 e. The van der Waals surface area contributed by atoms with Crippen LogP contribution in [-0.4, -0.2) is 17.8 Å². The zero-order chi connectivity index (χ0) is 12.1. The fourth-order valence-corrected chi connectivity index (χ4v) is 1.95. The molecule has 1 aromatic carbocycles. The van der Waals surface area contributed by atoms with E-state index in [0.717, 1.165) is 23.9 Å². The van der Waals surface area contributed by atoms with Crippen LogP contribution >= 0.6 is 11.8 Å². The van der Waals surface area contributed by atoms with E-state index in [2.05, 4.69) is 0 Å². The predicted octanol–water partition coefficient (Wildman–Crippen LogP) is 3.01. The number of thioether (sulfide) groups is 1. The van der Waals surface area contributed by atoms with E-state index in [9.17, 15) is 13.6 Å². The molecule has 0 aromatic heterocycles. The van der Waals surface area contributed by atoms with Gasteiger partial charge in [-0.25, -0.2) is 8.78 Å². The van der Waals surface area contributed by atoms with Gasteiger partial charge < -0.3 is 4.74 Å². The maximum atomic E-state index is 12.9. The lowest BCUT2D eigenvalue weighted by Gasteiger charge is -2.09. The van der Waals surface area contributed by atoms with Crippen molar-refractivity contribution in [1.29, 1.82) is 0 Å². The topological polar surface area (TPSA) is 26.3 Å². The molecule has 0 aliphatic carbocycles. The Bertz CT molecular complexity index is 382. The highest BCUT2D eigenvalue weighted by molar-refractivity contribution is 8.00. The number of ether oxygens (including phenoxy) is 1. The maximum Gasteiger partial charge on any atom is 0.319 e. The Balaban J connectivity index is 2.66. The Morgan fingerprint density at radius 2 is 2.12 bits per heavy atom. The molecule has 1 unspecified atom stereocenters. The quantitative estimate of drug-likeness (QED) is 0.603. The van der Waals surface area contributed by atoms with Crippen LogP contribution in [-0.2, 0) is 9.53 Å². The number of carbonyl (C=O) groups is 1. The fourth-order valence-electron chi connectivity index (χ4n) is 1.06. The Morgan fingerprint density at radius 1 is 1.44 bits per heavy atom. The highest BCUT2D eigenvalue weighted by Crippen LogP contribution is 2.25. The summed E-state index contributed by atoms with van der Waals surface area (Å²) in [5, 5.41) is -0.440. The molecule has 0 aliphatic rings. The number of hydrogen-bond acceptors (Lipinski definition) is 3. The SMILES string of the molecule is CCOC(=O)C(C)Sc1ccc(F)c(F)c1. The second-order valence-electron chi connectivity index (χ2n) is 3.09. The molecule has 0 aliphatic heterocycles. The zero-order valence-electron chi connectivity index (χ0n) is 9.00. The van der Waals surface area contributed by atoms with Crippen molar-refractivity contribution in [2.24, 2.45) is 0 Å². The number of carbonyl (C=O) groups excluding carboxylic acids is 1. The Kier molecular flexibility index (Phi) is 4.73. The summed E-state index contributed by atoms with van der Waals surface area (Å²) >= 11 is 1.13. The number of hydrogen-bond donors (Lipinski definition) is 0. The molecule has 0 spiro atoms. The Labute approximate surface area is 97.0 Å². The van der Waals surface area contributed by atoms with E-state index in [1.54, 1.807) is 13.8 Å². The first-order valence-corrected chi connectivity index (χ1v) is 5.71. The van der Waals surface area contributed by atoms with E-state index in [1.807, 2.05) is 0 Å². The van der Waals surface area contributed by atoms with E-state index in [-0.39, 0.29) is 5.97 Å². The van der Waals surface area contributed by atoms with Crippen molar-refractivity contribution in [3.8, 4) is 0 Å². The van der Waals surface area contributed by atoms with Crippen molar-refractivity contribution in [2.45, 2.75) is 24.0 Å². The van der Waals surface area contributed by atoms with Crippen molar-refractivity contribution >= 4 is 17.7 Å². The Hall–Kier alpha value is -1.10. The zero-order valence-corrected chi connectivity index (χ0v) is 9.81. The third-order valence-electron chi connectivity index (χ3n) is 1.82. The third-order valence-corrected chi connectivity index (χ3v) is 2.89. The average molecular weight is 246 g/mol. The number of esters is 1. The second-order valence-corrected chi connectivity index (χ2v) is 4.50. The van der Waals surface area contributed by atoms with Crippen molar-refractivity contribution in [3.63, 3.8) is 0 Å². The fraction of sp³-hybridized carbons (Fsp3) is 0.364. The van der Waals surface area contributed by atoms with Gasteiger partial charge in [0.25, 0.3) is 0 Å². The molecule has 0 saturated carbocycles. The van der Waals surface area contributed by atoms with Gasteiger partial charge in [-0.15, -0.1) is 11.8 Å². The highest BCUT2D eigenvalue weighted by Gasteiger charge is 2.16. The normalized spacial score (nSPS) is 12.2. The second kappa shape index (κ2) is 5.84. The molecule has 0 amide bonds. The van der Waals surface area contributed by atoms with Crippen molar-refractivity contribution in [3.05, 3.63) is 29.8 Å². The minimum atomic E-state index is -0.916. The van der Waals surface area contributed by atoms with Crippen molar-refractivity contribution < 1.29 is 18.3 Å². The monoisotopic (exact) mass is 246 g/mol. The number of rotatable bonds is 4. The summed E-state index contributed by atoms with van der Waals surface area (Å²) in [6, 6.07) is 3.53. The summed E-state index contributed by atoms with van der Waals surface area (Å²) in [6.07, 6.45) is 0. The lowest BCUT2D eigenvalue weighted by molar-refractivity contribution is -0.142. The minimum absolute atomic E-state index is 0.307. The van der Waals surface area contributed by atoms with Crippen molar-refractivity contribution in [1.82, 2.24) is 0 Å². The molecule has 0 radical (unpaired) electrons. The largest absolute Gasteiger partial charge is 0.465 e. The molecule has 2 nitrogen and oxygen atoms in total. The summed E-state index contributed by atoms with van der Waals surface area (Å²) < 4.78 is 30.3. The molecule has 0 bridgehead atoms. The van der Waals surface area contributed by atoms with E-state index in [1.165, 1.54) is 6.07 Å². The molecule has 0 N–H and O–H groups in total. The van der Waals surface area contributed by atoms with Crippen LogP contribution in [0, 0.1) is 11.6 Å². The van der Waals surface area contributed by atoms with Crippen LogP contribution < -0.4 is 0 Å². The first-order valence-electron chi connectivity index (χ1n) is 4.83. The minimum Gasteiger partial charge on any atom is -0.465 e. The van der Waals surface area contributed by atoms with Gasteiger partial charge in [-0.1, -0.05) is 0 Å². The first-order chi connectivity index (χ1) is 7.54. The van der Waals surface area contributed by atoms with Crippen LogP contribution in [0.3, 0.4) is 0 Å². The van der Waals surface area contributed by atoms with Gasteiger partial charge in [0, 0.05) is 4.90 Å². The summed E-state index contributed by atoms with van der Waals surface area (Å²) in [6.45, 7) is 3.68. The highest BCUT2D eigenvalue weighted by atomic mass is 32.2. The maximum absolute atomic E-state index is 12.9. The van der Waals surface area contributed by atoms with Crippen LogP contribution in [0.5, 0.6) is 0 Å². The van der Waals surface area contributed by atoms with Crippen LogP contribution in [0.25, 0.3) is 0 Å². The summed E-state index contributed by atoms with van der Waals surface area (Å²) in [5.74, 6) is -2.17. The molecule has 0 saturated heterocycles. The molecule has 1 aromatic rings. The lowest BCUT2D eigenvalue weighted by Crippen LogP contribution is -2.16. The van der Waals surface area contributed by atoms with Gasteiger partial charge in [-0.05, 0) is 32.0 Å². The van der Waals surface area contributed by atoms with Gasteiger partial charge >= 0.3 is 5.97 Å². The van der Waals surface area contributed by atoms with Gasteiger partial charge in [-0.3, -0.25) is 4.79 Å². The standard InChI is InChI=1S/C11H12F2O2S/c1-3-15-11(14)7(2)16-8-4-5-9(12)10(13)6-8/h4-7H,3H2,1-2H3.